The van der Waals surface area contributed by atoms with Crippen molar-refractivity contribution in [3.63, 3.8) is 0 Å². The highest BCUT2D eigenvalue weighted by molar-refractivity contribution is 9.12. The molecule has 0 heterocycles. The number of hydrogen-bond donors (Lipinski definition) is 1. The number of nitrogens with one attached hydrogen (secondary N) is 1. The maximum atomic E-state index is 11.2. The smallest absolute Gasteiger partial charge is 0.262 e. The van der Waals surface area contributed by atoms with E-state index in [2.05, 4.69) is 27.8 Å². The SMILES string of the molecule is C=C(Br)C(=O)Nc1ccc(Cl)c(Cl)c1. The van der Waals surface area contributed by atoms with E-state index < -0.39 is 0 Å². The molecule has 0 bridgehead atoms. The van der Waals surface area contributed by atoms with Gasteiger partial charge in [-0.25, -0.2) is 0 Å². The quantitative estimate of drug-likeness (QED) is 0.825. The summed E-state index contributed by atoms with van der Waals surface area (Å²) in [5.41, 5.74) is 0.574. The number of rotatable bonds is 2. The molecule has 1 aromatic rings. The van der Waals surface area contributed by atoms with Crippen LogP contribution in [-0.4, -0.2) is 5.91 Å². The van der Waals surface area contributed by atoms with E-state index in [0.29, 0.717) is 15.7 Å². The number of anilines is 1. The molecule has 2 nitrogen and oxygen atoms in total. The summed E-state index contributed by atoms with van der Waals surface area (Å²) >= 11 is 14.4. The molecule has 0 saturated carbocycles. The molecule has 0 saturated heterocycles. The van der Waals surface area contributed by atoms with Crippen LogP contribution in [0.2, 0.25) is 10.0 Å². The van der Waals surface area contributed by atoms with Gasteiger partial charge in [-0.05, 0) is 34.1 Å². The lowest BCUT2D eigenvalue weighted by atomic mass is 10.3. The number of amides is 1. The lowest BCUT2D eigenvalue weighted by Gasteiger charge is -2.04. The van der Waals surface area contributed by atoms with Crippen LogP contribution in [0.3, 0.4) is 0 Å². The molecule has 0 spiro atoms. The summed E-state index contributed by atoms with van der Waals surface area (Å²) in [6.45, 7) is 3.44. The fraction of sp³-hybridized carbons (Fsp3) is 0. The predicted molar refractivity (Wildman–Crippen MR) is 63.2 cm³/mol. The van der Waals surface area contributed by atoms with Crippen molar-refractivity contribution < 1.29 is 4.79 Å². The number of benzene rings is 1. The second-order valence-electron chi connectivity index (χ2n) is 2.49. The van der Waals surface area contributed by atoms with Crippen LogP contribution >= 0.6 is 39.1 Å². The van der Waals surface area contributed by atoms with Crippen molar-refractivity contribution in [2.24, 2.45) is 0 Å². The van der Waals surface area contributed by atoms with Gasteiger partial charge in [-0.3, -0.25) is 4.79 Å². The fourth-order valence-electron chi connectivity index (χ4n) is 0.773. The third-order valence-electron chi connectivity index (χ3n) is 1.42. The normalized spacial score (nSPS) is 9.64. The standard InChI is InChI=1S/C9H6BrCl2NO/c1-5(10)9(14)13-6-2-3-7(11)8(12)4-6/h2-4H,1H2,(H,13,14). The van der Waals surface area contributed by atoms with E-state index >= 15 is 0 Å². The lowest BCUT2D eigenvalue weighted by Crippen LogP contribution is -2.10. The van der Waals surface area contributed by atoms with Crippen LogP contribution in [0.15, 0.2) is 29.3 Å². The first kappa shape index (κ1) is 11.6. The van der Waals surface area contributed by atoms with E-state index in [1.54, 1.807) is 18.2 Å². The molecule has 14 heavy (non-hydrogen) atoms. The predicted octanol–water partition coefficient (Wildman–Crippen LogP) is 3.84. The average Bonchev–Trinajstić information content (AvgIpc) is 2.11. The van der Waals surface area contributed by atoms with Crippen molar-refractivity contribution in [1.82, 2.24) is 0 Å². The zero-order valence-electron chi connectivity index (χ0n) is 6.98. The van der Waals surface area contributed by atoms with Gasteiger partial charge in [0.2, 0.25) is 0 Å². The zero-order chi connectivity index (χ0) is 10.7. The molecule has 0 radical (unpaired) electrons. The minimum Gasteiger partial charge on any atom is -0.322 e. The Morgan fingerprint density at radius 2 is 2.00 bits per heavy atom. The van der Waals surface area contributed by atoms with E-state index in [4.69, 9.17) is 23.2 Å². The Labute approximate surface area is 100 Å². The van der Waals surface area contributed by atoms with Gasteiger partial charge in [0.05, 0.1) is 14.5 Å². The molecular formula is C9H6BrCl2NO. The Kier molecular flexibility index (Phi) is 3.98. The molecule has 0 aliphatic carbocycles. The van der Waals surface area contributed by atoms with Crippen LogP contribution in [0, 0.1) is 0 Å². The molecule has 5 heteroatoms. The van der Waals surface area contributed by atoms with Crippen LogP contribution in [0.4, 0.5) is 5.69 Å². The van der Waals surface area contributed by atoms with Gasteiger partial charge in [-0.15, -0.1) is 0 Å². The largest absolute Gasteiger partial charge is 0.322 e. The summed E-state index contributed by atoms with van der Waals surface area (Å²) in [5, 5.41) is 3.42. The van der Waals surface area contributed by atoms with Crippen molar-refractivity contribution in [3.05, 3.63) is 39.3 Å². The first-order valence-corrected chi connectivity index (χ1v) is 5.16. The Balaban J connectivity index is 2.83. The Morgan fingerprint density at radius 1 is 1.36 bits per heavy atom. The van der Waals surface area contributed by atoms with Gasteiger partial charge in [0.25, 0.3) is 5.91 Å². The van der Waals surface area contributed by atoms with Crippen molar-refractivity contribution in [3.8, 4) is 0 Å². The van der Waals surface area contributed by atoms with Crippen LogP contribution in [-0.2, 0) is 4.79 Å². The van der Waals surface area contributed by atoms with E-state index in [9.17, 15) is 4.79 Å². The van der Waals surface area contributed by atoms with Gasteiger partial charge >= 0.3 is 0 Å². The Morgan fingerprint density at radius 3 is 2.50 bits per heavy atom. The molecule has 0 unspecified atom stereocenters. The molecule has 74 valence electrons. The minimum absolute atomic E-state index is 0.253. The van der Waals surface area contributed by atoms with E-state index in [-0.39, 0.29) is 10.4 Å². The van der Waals surface area contributed by atoms with Crippen LogP contribution in [0.25, 0.3) is 0 Å². The average molecular weight is 295 g/mol. The minimum atomic E-state index is -0.316. The van der Waals surface area contributed by atoms with Crippen LogP contribution < -0.4 is 5.32 Å². The summed E-state index contributed by atoms with van der Waals surface area (Å²) in [6.07, 6.45) is 0. The molecule has 0 aromatic heterocycles. The van der Waals surface area contributed by atoms with Crippen molar-refractivity contribution in [2.75, 3.05) is 5.32 Å². The first-order chi connectivity index (χ1) is 6.50. The highest BCUT2D eigenvalue weighted by Gasteiger charge is 2.05. The number of carbonyl (C=O) groups is 1. The van der Waals surface area contributed by atoms with Crippen molar-refractivity contribution in [1.29, 1.82) is 0 Å². The van der Waals surface area contributed by atoms with Crippen LogP contribution in [0.5, 0.6) is 0 Å². The summed E-state index contributed by atoms with van der Waals surface area (Å²) in [7, 11) is 0. The topological polar surface area (TPSA) is 29.1 Å². The maximum absolute atomic E-state index is 11.2. The van der Waals surface area contributed by atoms with Gasteiger partial charge in [0.1, 0.15) is 0 Å². The molecule has 0 aliphatic heterocycles. The zero-order valence-corrected chi connectivity index (χ0v) is 10.1. The summed E-state index contributed by atoms with van der Waals surface area (Å²) in [5.74, 6) is -0.316. The van der Waals surface area contributed by atoms with Gasteiger partial charge in [0.15, 0.2) is 0 Å². The van der Waals surface area contributed by atoms with Gasteiger partial charge in [-0.1, -0.05) is 29.8 Å². The Hall–Kier alpha value is -0.510. The highest BCUT2D eigenvalue weighted by atomic mass is 79.9. The molecule has 1 aromatic carbocycles. The van der Waals surface area contributed by atoms with Gasteiger partial charge in [0, 0.05) is 5.69 Å². The molecule has 0 aliphatic rings. The van der Waals surface area contributed by atoms with Gasteiger partial charge in [-0.2, -0.15) is 0 Å². The molecule has 1 amide bonds. The fourth-order valence-corrected chi connectivity index (χ4v) is 1.17. The summed E-state index contributed by atoms with van der Waals surface area (Å²) in [4.78, 5) is 11.2. The monoisotopic (exact) mass is 293 g/mol. The molecule has 0 atom stereocenters. The second-order valence-corrected chi connectivity index (χ2v) is 4.26. The number of carbonyl (C=O) groups excluding carboxylic acids is 1. The maximum Gasteiger partial charge on any atom is 0.262 e. The van der Waals surface area contributed by atoms with E-state index in [0.717, 1.165) is 0 Å². The lowest BCUT2D eigenvalue weighted by molar-refractivity contribution is -0.112. The van der Waals surface area contributed by atoms with E-state index in [1.165, 1.54) is 0 Å². The molecule has 1 rings (SSSR count). The second kappa shape index (κ2) is 4.82. The summed E-state index contributed by atoms with van der Waals surface area (Å²) in [6, 6.07) is 4.83. The number of halogens is 3. The van der Waals surface area contributed by atoms with Crippen molar-refractivity contribution in [2.45, 2.75) is 0 Å². The van der Waals surface area contributed by atoms with Crippen LogP contribution in [0.1, 0.15) is 0 Å². The highest BCUT2D eigenvalue weighted by Crippen LogP contribution is 2.25. The molecular weight excluding hydrogens is 289 g/mol. The molecule has 0 fully saturated rings. The van der Waals surface area contributed by atoms with E-state index in [1.807, 2.05) is 0 Å². The van der Waals surface area contributed by atoms with Crippen molar-refractivity contribution >= 4 is 50.7 Å². The summed E-state index contributed by atoms with van der Waals surface area (Å²) < 4.78 is 0.253. The Bertz CT molecular complexity index is 392. The number of hydrogen-bond acceptors (Lipinski definition) is 1. The third-order valence-corrected chi connectivity index (χ3v) is 2.52. The third kappa shape index (κ3) is 3.01. The first-order valence-electron chi connectivity index (χ1n) is 3.61. The molecule has 1 N–H and O–H groups in total. The van der Waals surface area contributed by atoms with Gasteiger partial charge < -0.3 is 5.32 Å².